The Balaban J connectivity index is 1.40. The predicted octanol–water partition coefficient (Wildman–Crippen LogP) is 3.31. The van der Waals surface area contributed by atoms with E-state index < -0.39 is 5.91 Å². The maximum Gasteiger partial charge on any atom is 0.261 e. The van der Waals surface area contributed by atoms with Gasteiger partial charge in [-0.2, -0.15) is 0 Å². The number of nitrogens with one attached hydrogen (secondary N) is 2. The third-order valence-electron chi connectivity index (χ3n) is 5.60. The molecule has 7 heteroatoms. The lowest BCUT2D eigenvalue weighted by Gasteiger charge is -2.22. The van der Waals surface area contributed by atoms with Gasteiger partial charge in [0.2, 0.25) is 0 Å². The molecule has 1 aliphatic carbocycles. The number of H-pyrrole nitrogens is 1. The number of hydrogen-bond donors (Lipinski definition) is 2. The summed E-state index contributed by atoms with van der Waals surface area (Å²) in [6.45, 7) is 0. The molecule has 1 aromatic heterocycles. The molecule has 28 heavy (non-hydrogen) atoms. The van der Waals surface area contributed by atoms with E-state index >= 15 is 0 Å². The van der Waals surface area contributed by atoms with Crippen molar-refractivity contribution in [2.45, 2.75) is 25.2 Å². The number of imidazole rings is 1. The summed E-state index contributed by atoms with van der Waals surface area (Å²) >= 11 is 0. The molecule has 1 aliphatic heterocycles. The van der Waals surface area contributed by atoms with Crippen LogP contribution in [0, 0.1) is 0 Å². The molecule has 1 saturated carbocycles. The second kappa shape index (κ2) is 6.02. The monoisotopic (exact) mass is 374 g/mol. The highest BCUT2D eigenvalue weighted by atomic mass is 16.2. The average molecular weight is 374 g/mol. The molecule has 3 amide bonds. The lowest BCUT2D eigenvalue weighted by atomic mass is 9.85. The average Bonchev–Trinajstić information content (AvgIpc) is 3.14. The number of amides is 3. The Kier molecular flexibility index (Phi) is 3.58. The van der Waals surface area contributed by atoms with Gasteiger partial charge in [-0.1, -0.05) is 6.42 Å². The van der Waals surface area contributed by atoms with Crippen molar-refractivity contribution >= 4 is 34.4 Å². The summed E-state index contributed by atoms with van der Waals surface area (Å²) in [6, 6.07) is 10.1. The van der Waals surface area contributed by atoms with Gasteiger partial charge in [-0.25, -0.2) is 4.98 Å². The second-order valence-electron chi connectivity index (χ2n) is 7.37. The zero-order valence-corrected chi connectivity index (χ0v) is 15.3. The Hall–Kier alpha value is -3.48. The molecule has 5 rings (SSSR count). The van der Waals surface area contributed by atoms with Crippen molar-refractivity contribution in [1.82, 2.24) is 14.9 Å². The summed E-state index contributed by atoms with van der Waals surface area (Å²) in [6.07, 6.45) is 3.57. The van der Waals surface area contributed by atoms with Gasteiger partial charge in [-0.15, -0.1) is 0 Å². The van der Waals surface area contributed by atoms with Crippen LogP contribution in [0.25, 0.3) is 11.0 Å². The molecule has 0 saturated heterocycles. The van der Waals surface area contributed by atoms with Gasteiger partial charge in [0.05, 0.1) is 22.2 Å². The molecule has 0 radical (unpaired) electrons. The van der Waals surface area contributed by atoms with Crippen LogP contribution in [0.5, 0.6) is 0 Å². The first kappa shape index (κ1) is 16.7. The molecule has 7 nitrogen and oxygen atoms in total. The molecule has 2 heterocycles. The SMILES string of the molecule is CN1C(=O)c2ccc(C(=O)Nc3ccc4nc(C5CCC5)[nH]c4c3)cc2C1=O. The van der Waals surface area contributed by atoms with E-state index in [1.165, 1.54) is 25.6 Å². The van der Waals surface area contributed by atoms with Gasteiger partial charge < -0.3 is 10.3 Å². The number of fused-ring (bicyclic) bond motifs is 2. The number of benzene rings is 2. The molecule has 0 spiro atoms. The standard InChI is InChI=1S/C21H18N4O3/c1-25-20(27)14-7-5-12(9-15(14)21(25)28)19(26)22-13-6-8-16-17(10-13)24-18(23-16)11-3-2-4-11/h5-11H,2-4H2,1H3,(H,22,26)(H,23,24). The van der Waals surface area contributed by atoms with Crippen molar-refractivity contribution in [1.29, 1.82) is 0 Å². The number of carbonyl (C=O) groups is 3. The van der Waals surface area contributed by atoms with Crippen LogP contribution in [0.4, 0.5) is 5.69 Å². The van der Waals surface area contributed by atoms with Crippen molar-refractivity contribution in [3.05, 3.63) is 58.9 Å². The van der Waals surface area contributed by atoms with Gasteiger partial charge in [0.15, 0.2) is 0 Å². The number of nitrogens with zero attached hydrogens (tertiary/aromatic N) is 2. The molecule has 2 N–H and O–H groups in total. The molecule has 3 aromatic rings. The molecule has 0 atom stereocenters. The maximum absolute atomic E-state index is 12.6. The molecule has 2 aliphatic rings. The third-order valence-corrected chi connectivity index (χ3v) is 5.60. The minimum Gasteiger partial charge on any atom is -0.342 e. The maximum atomic E-state index is 12.6. The van der Waals surface area contributed by atoms with Crippen LogP contribution in [-0.2, 0) is 0 Å². The van der Waals surface area contributed by atoms with E-state index in [-0.39, 0.29) is 17.4 Å². The van der Waals surface area contributed by atoms with Crippen LogP contribution in [0.1, 0.15) is 62.1 Å². The highest BCUT2D eigenvalue weighted by molar-refractivity contribution is 6.22. The van der Waals surface area contributed by atoms with Crippen LogP contribution in [-0.4, -0.2) is 39.6 Å². The minimum atomic E-state index is -0.392. The van der Waals surface area contributed by atoms with Gasteiger partial charge in [-0.05, 0) is 49.2 Å². The van der Waals surface area contributed by atoms with E-state index in [1.54, 1.807) is 12.1 Å². The van der Waals surface area contributed by atoms with Crippen LogP contribution >= 0.6 is 0 Å². The highest BCUT2D eigenvalue weighted by Crippen LogP contribution is 2.35. The summed E-state index contributed by atoms with van der Waals surface area (Å²) in [5.74, 6) is 0.442. The minimum absolute atomic E-state index is 0.259. The first-order chi connectivity index (χ1) is 13.5. The van der Waals surface area contributed by atoms with E-state index in [9.17, 15) is 14.4 Å². The Labute approximate surface area is 160 Å². The summed E-state index contributed by atoms with van der Waals surface area (Å²) < 4.78 is 0. The van der Waals surface area contributed by atoms with Gasteiger partial charge >= 0.3 is 0 Å². The Morgan fingerprint density at radius 1 is 1.11 bits per heavy atom. The lowest BCUT2D eigenvalue weighted by molar-refractivity contribution is 0.0693. The van der Waals surface area contributed by atoms with Crippen LogP contribution in [0.15, 0.2) is 36.4 Å². The number of imide groups is 1. The molecular weight excluding hydrogens is 356 g/mol. The number of aromatic nitrogens is 2. The summed E-state index contributed by atoms with van der Waals surface area (Å²) in [4.78, 5) is 45.8. The molecule has 140 valence electrons. The quantitative estimate of drug-likeness (QED) is 0.688. The normalized spacial score (nSPS) is 16.4. The number of anilines is 1. The Morgan fingerprint density at radius 3 is 2.64 bits per heavy atom. The lowest BCUT2D eigenvalue weighted by Crippen LogP contribution is -2.24. The fourth-order valence-corrected chi connectivity index (χ4v) is 3.69. The van der Waals surface area contributed by atoms with Crippen molar-refractivity contribution in [2.75, 3.05) is 12.4 Å². The van der Waals surface area contributed by atoms with E-state index in [2.05, 4.69) is 15.3 Å². The van der Waals surface area contributed by atoms with Crippen molar-refractivity contribution in [3.63, 3.8) is 0 Å². The van der Waals surface area contributed by atoms with E-state index in [0.717, 1.165) is 34.6 Å². The molecular formula is C21H18N4O3. The zero-order valence-electron chi connectivity index (χ0n) is 15.3. The summed E-state index contributed by atoms with van der Waals surface area (Å²) in [7, 11) is 1.43. The topological polar surface area (TPSA) is 95.2 Å². The van der Waals surface area contributed by atoms with Crippen LogP contribution in [0.3, 0.4) is 0 Å². The van der Waals surface area contributed by atoms with Crippen molar-refractivity contribution in [3.8, 4) is 0 Å². The van der Waals surface area contributed by atoms with Gasteiger partial charge in [-0.3, -0.25) is 19.3 Å². The second-order valence-corrected chi connectivity index (χ2v) is 7.37. The number of carbonyl (C=O) groups excluding carboxylic acids is 3. The predicted molar refractivity (Wildman–Crippen MR) is 104 cm³/mol. The molecule has 2 aromatic carbocycles. The molecule has 0 bridgehead atoms. The van der Waals surface area contributed by atoms with E-state index in [0.29, 0.717) is 22.7 Å². The first-order valence-corrected chi connectivity index (χ1v) is 9.29. The van der Waals surface area contributed by atoms with Gasteiger partial charge in [0.1, 0.15) is 5.82 Å². The largest absolute Gasteiger partial charge is 0.342 e. The van der Waals surface area contributed by atoms with Crippen molar-refractivity contribution in [2.24, 2.45) is 0 Å². The molecule has 0 unspecified atom stereocenters. The highest BCUT2D eigenvalue weighted by Gasteiger charge is 2.33. The first-order valence-electron chi connectivity index (χ1n) is 9.29. The van der Waals surface area contributed by atoms with Gasteiger partial charge in [0.25, 0.3) is 17.7 Å². The summed E-state index contributed by atoms with van der Waals surface area (Å²) in [5, 5.41) is 2.85. The van der Waals surface area contributed by atoms with Crippen molar-refractivity contribution < 1.29 is 14.4 Å². The number of hydrogen-bond acceptors (Lipinski definition) is 4. The Bertz CT molecular complexity index is 1160. The van der Waals surface area contributed by atoms with E-state index in [1.807, 2.05) is 12.1 Å². The van der Waals surface area contributed by atoms with E-state index in [4.69, 9.17) is 0 Å². The molecule has 1 fully saturated rings. The number of aromatic amines is 1. The Morgan fingerprint density at radius 2 is 1.89 bits per heavy atom. The third kappa shape index (κ3) is 2.51. The summed E-state index contributed by atoms with van der Waals surface area (Å²) in [5.41, 5.74) is 3.32. The number of rotatable bonds is 3. The fourth-order valence-electron chi connectivity index (χ4n) is 3.69. The van der Waals surface area contributed by atoms with Gasteiger partial charge in [0, 0.05) is 24.2 Å². The zero-order chi connectivity index (χ0) is 19.4. The smallest absolute Gasteiger partial charge is 0.261 e. The fraction of sp³-hybridized carbons (Fsp3) is 0.238. The van der Waals surface area contributed by atoms with Crippen LogP contribution < -0.4 is 5.32 Å². The van der Waals surface area contributed by atoms with Crippen LogP contribution in [0.2, 0.25) is 0 Å².